The summed E-state index contributed by atoms with van der Waals surface area (Å²) < 4.78 is 5.35. The SMILES string of the molecule is CC/C=C\CC1C(O)CCC1CC(=O)O.CC/C=C\CC1C2CCC1OC(=O)C2. The van der Waals surface area contributed by atoms with Crippen LogP contribution in [0.25, 0.3) is 0 Å². The van der Waals surface area contributed by atoms with Crippen molar-refractivity contribution in [2.75, 3.05) is 0 Å². The Kier molecular flexibility index (Phi) is 9.92. The van der Waals surface area contributed by atoms with Gasteiger partial charge in [-0.1, -0.05) is 38.2 Å². The van der Waals surface area contributed by atoms with Gasteiger partial charge in [-0.2, -0.15) is 0 Å². The fourth-order valence-electron chi connectivity index (χ4n) is 5.08. The Balaban J connectivity index is 0.000000207. The van der Waals surface area contributed by atoms with E-state index >= 15 is 0 Å². The van der Waals surface area contributed by atoms with Crippen molar-refractivity contribution in [3.63, 3.8) is 0 Å². The number of carboxylic acid groups (broad SMARTS) is 1. The normalized spacial score (nSPS) is 33.7. The second-order valence-corrected chi connectivity index (χ2v) is 8.63. The van der Waals surface area contributed by atoms with Crippen molar-refractivity contribution in [1.29, 1.82) is 0 Å². The fourth-order valence-corrected chi connectivity index (χ4v) is 5.08. The van der Waals surface area contributed by atoms with Gasteiger partial charge in [0, 0.05) is 18.8 Å². The summed E-state index contributed by atoms with van der Waals surface area (Å²) in [6, 6.07) is 0. The van der Waals surface area contributed by atoms with Crippen LogP contribution in [0.5, 0.6) is 0 Å². The monoisotopic (exact) mass is 406 g/mol. The molecular weight excluding hydrogens is 368 g/mol. The van der Waals surface area contributed by atoms with Crippen molar-refractivity contribution in [3.8, 4) is 0 Å². The van der Waals surface area contributed by atoms with Crippen LogP contribution in [0.3, 0.4) is 0 Å². The Labute approximate surface area is 175 Å². The number of rotatable bonds is 8. The summed E-state index contributed by atoms with van der Waals surface area (Å²) in [5.41, 5.74) is 0. The first-order chi connectivity index (χ1) is 14.0. The number of aliphatic hydroxyl groups excluding tert-OH is 1. The van der Waals surface area contributed by atoms with E-state index < -0.39 is 5.97 Å². The van der Waals surface area contributed by atoms with E-state index in [1.165, 1.54) is 6.42 Å². The molecule has 164 valence electrons. The predicted molar refractivity (Wildman–Crippen MR) is 113 cm³/mol. The van der Waals surface area contributed by atoms with Gasteiger partial charge in [0.05, 0.1) is 6.10 Å². The molecule has 0 amide bonds. The van der Waals surface area contributed by atoms with Crippen molar-refractivity contribution in [2.45, 2.75) is 90.3 Å². The minimum atomic E-state index is -0.751. The number of aliphatic carboxylic acids is 1. The fraction of sp³-hybridized carbons (Fsp3) is 0.750. The van der Waals surface area contributed by atoms with Gasteiger partial charge in [0.25, 0.3) is 0 Å². The molecule has 5 heteroatoms. The summed E-state index contributed by atoms with van der Waals surface area (Å²) in [6.07, 6.45) is 17.2. The summed E-state index contributed by atoms with van der Waals surface area (Å²) in [5, 5.41) is 18.5. The molecule has 1 saturated heterocycles. The van der Waals surface area contributed by atoms with Crippen molar-refractivity contribution in [3.05, 3.63) is 24.3 Å². The Morgan fingerprint density at radius 3 is 2.24 bits per heavy atom. The van der Waals surface area contributed by atoms with Gasteiger partial charge in [0.2, 0.25) is 0 Å². The molecule has 29 heavy (non-hydrogen) atoms. The molecule has 2 bridgehead atoms. The number of carbonyl (C=O) groups is 2. The number of ether oxygens (including phenoxy) is 1. The highest BCUT2D eigenvalue weighted by Gasteiger charge is 2.42. The van der Waals surface area contributed by atoms with Crippen LogP contribution in [-0.2, 0) is 14.3 Å². The molecular formula is C24H38O5. The second kappa shape index (κ2) is 12.2. The maximum absolute atomic E-state index is 11.2. The van der Waals surface area contributed by atoms with Crippen LogP contribution in [0, 0.1) is 23.7 Å². The van der Waals surface area contributed by atoms with E-state index in [1.54, 1.807) is 0 Å². The first-order valence-electron chi connectivity index (χ1n) is 11.4. The van der Waals surface area contributed by atoms with Crippen molar-refractivity contribution in [1.82, 2.24) is 0 Å². The van der Waals surface area contributed by atoms with Gasteiger partial charge in [0.15, 0.2) is 0 Å². The zero-order valence-corrected chi connectivity index (χ0v) is 18.0. The largest absolute Gasteiger partial charge is 0.481 e. The van der Waals surface area contributed by atoms with E-state index in [-0.39, 0.29) is 36.4 Å². The summed E-state index contributed by atoms with van der Waals surface area (Å²) in [7, 11) is 0. The summed E-state index contributed by atoms with van der Waals surface area (Å²) in [6.45, 7) is 4.21. The third-order valence-electron chi connectivity index (χ3n) is 6.61. The molecule has 3 aliphatic rings. The smallest absolute Gasteiger partial charge is 0.306 e. The molecule has 0 radical (unpaired) electrons. The average molecular weight is 407 g/mol. The number of esters is 1. The van der Waals surface area contributed by atoms with Crippen LogP contribution in [0.4, 0.5) is 0 Å². The molecule has 1 aliphatic heterocycles. The highest BCUT2D eigenvalue weighted by molar-refractivity contribution is 5.71. The van der Waals surface area contributed by atoms with Gasteiger partial charge in [-0.25, -0.2) is 0 Å². The first-order valence-corrected chi connectivity index (χ1v) is 11.4. The van der Waals surface area contributed by atoms with Gasteiger partial charge < -0.3 is 14.9 Å². The van der Waals surface area contributed by atoms with Crippen molar-refractivity contribution in [2.24, 2.45) is 23.7 Å². The van der Waals surface area contributed by atoms with Crippen LogP contribution < -0.4 is 0 Å². The van der Waals surface area contributed by atoms with Gasteiger partial charge in [-0.3, -0.25) is 9.59 Å². The Morgan fingerprint density at radius 2 is 1.66 bits per heavy atom. The van der Waals surface area contributed by atoms with Crippen LogP contribution in [0.2, 0.25) is 0 Å². The third kappa shape index (κ3) is 7.29. The van der Waals surface area contributed by atoms with E-state index in [9.17, 15) is 14.7 Å². The van der Waals surface area contributed by atoms with Gasteiger partial charge in [0.1, 0.15) is 6.10 Å². The average Bonchev–Trinajstić information content (AvgIpc) is 3.13. The van der Waals surface area contributed by atoms with Crippen LogP contribution in [0.15, 0.2) is 24.3 Å². The summed E-state index contributed by atoms with van der Waals surface area (Å²) >= 11 is 0. The predicted octanol–water partition coefficient (Wildman–Crippen LogP) is 4.89. The molecule has 3 rings (SSSR count). The lowest BCUT2D eigenvalue weighted by molar-refractivity contribution is -0.157. The second-order valence-electron chi connectivity index (χ2n) is 8.63. The number of hydrogen-bond donors (Lipinski definition) is 2. The number of carbonyl (C=O) groups excluding carboxylic acids is 1. The molecule has 0 spiro atoms. The molecule has 3 fully saturated rings. The Bertz CT molecular complexity index is 566. The Morgan fingerprint density at radius 1 is 1.00 bits per heavy atom. The lowest BCUT2D eigenvalue weighted by Crippen LogP contribution is -2.31. The maximum atomic E-state index is 11.2. The molecule has 0 aromatic rings. The number of fused-ring (bicyclic) bond motifs is 2. The van der Waals surface area contributed by atoms with Crippen molar-refractivity contribution < 1.29 is 24.5 Å². The zero-order chi connectivity index (χ0) is 21.2. The molecule has 6 atom stereocenters. The van der Waals surface area contributed by atoms with Crippen LogP contribution in [0.1, 0.15) is 78.1 Å². The molecule has 5 nitrogen and oxygen atoms in total. The number of aliphatic hydroxyl groups is 1. The summed E-state index contributed by atoms with van der Waals surface area (Å²) in [4.78, 5) is 21.8. The molecule has 0 aromatic carbocycles. The van der Waals surface area contributed by atoms with E-state index in [2.05, 4.69) is 38.2 Å². The molecule has 6 unspecified atom stereocenters. The van der Waals surface area contributed by atoms with Gasteiger partial charge in [-0.05, 0) is 69.1 Å². The van der Waals surface area contributed by atoms with Gasteiger partial charge >= 0.3 is 11.9 Å². The van der Waals surface area contributed by atoms with Gasteiger partial charge in [-0.15, -0.1) is 0 Å². The molecule has 2 N–H and O–H groups in total. The van der Waals surface area contributed by atoms with E-state index in [4.69, 9.17) is 9.84 Å². The lowest BCUT2D eigenvalue weighted by atomic mass is 9.87. The Hall–Kier alpha value is -1.62. The summed E-state index contributed by atoms with van der Waals surface area (Å²) in [5.74, 6) is 0.771. The zero-order valence-electron chi connectivity index (χ0n) is 18.0. The minimum Gasteiger partial charge on any atom is -0.481 e. The lowest BCUT2D eigenvalue weighted by Gasteiger charge is -2.28. The molecule has 2 aliphatic carbocycles. The number of hydrogen-bond acceptors (Lipinski definition) is 4. The highest BCUT2D eigenvalue weighted by atomic mass is 16.5. The standard InChI is InChI=1S/C12H20O3.C12H18O2/c1-2-3-4-5-10-9(8-12(14)15)6-7-11(10)13;1-2-3-4-5-10-9-6-7-11(10)14-12(13)8-9/h3-4,9-11,13H,2,5-8H2,1H3,(H,14,15);3-4,9-11H,2,5-8H2,1H3/b2*4-3-. The third-order valence-corrected chi connectivity index (χ3v) is 6.61. The van der Waals surface area contributed by atoms with Crippen molar-refractivity contribution >= 4 is 11.9 Å². The quantitative estimate of drug-likeness (QED) is 0.443. The van der Waals surface area contributed by atoms with E-state index in [0.717, 1.165) is 44.9 Å². The van der Waals surface area contributed by atoms with Crippen LogP contribution >= 0.6 is 0 Å². The first kappa shape index (κ1) is 23.7. The topological polar surface area (TPSA) is 83.8 Å². The van der Waals surface area contributed by atoms with E-state index in [0.29, 0.717) is 18.3 Å². The highest BCUT2D eigenvalue weighted by Crippen LogP contribution is 2.42. The number of allylic oxidation sites excluding steroid dienone is 4. The maximum Gasteiger partial charge on any atom is 0.306 e. The molecule has 1 heterocycles. The van der Waals surface area contributed by atoms with Crippen LogP contribution in [-0.4, -0.2) is 34.4 Å². The number of carboxylic acids is 1. The molecule has 2 saturated carbocycles. The molecule has 0 aromatic heterocycles. The van der Waals surface area contributed by atoms with E-state index in [1.807, 2.05) is 0 Å². The minimum absolute atomic E-state index is 0.0215.